The van der Waals surface area contributed by atoms with Crippen molar-refractivity contribution in [2.75, 3.05) is 0 Å². The highest BCUT2D eigenvalue weighted by Crippen LogP contribution is 2.55. The Hall–Kier alpha value is -7.80. The van der Waals surface area contributed by atoms with Gasteiger partial charge in [-0.15, -0.1) is 0 Å². The highest BCUT2D eigenvalue weighted by atomic mass is 14.4. The van der Waals surface area contributed by atoms with Crippen LogP contribution in [0.4, 0.5) is 0 Å². The summed E-state index contributed by atoms with van der Waals surface area (Å²) < 4.78 is 0. The Kier molecular flexibility index (Phi) is 8.25. The first-order valence-electron chi connectivity index (χ1n) is 24.7. The van der Waals surface area contributed by atoms with Crippen LogP contribution in [0, 0.1) is 0 Å². The Morgan fingerprint density at radius 2 is 0.594 bits per heavy atom. The van der Waals surface area contributed by atoms with E-state index in [0.717, 1.165) is 0 Å². The second-order valence-electron chi connectivity index (χ2n) is 21.6. The van der Waals surface area contributed by atoms with Crippen LogP contribution in [0.2, 0.25) is 0 Å². The number of fused-ring (bicyclic) bond motifs is 12. The first-order chi connectivity index (χ1) is 33.5. The van der Waals surface area contributed by atoms with E-state index in [1.165, 1.54) is 144 Å². The smallest absolute Gasteiger partial charge is 0.0159 e. The summed E-state index contributed by atoms with van der Waals surface area (Å²) in [7, 11) is 0. The molecule has 0 heteroatoms. The number of hydrogen-bond acceptors (Lipinski definition) is 0. The molecule has 0 N–H and O–H groups in total. The van der Waals surface area contributed by atoms with E-state index in [-0.39, 0.29) is 16.2 Å². The van der Waals surface area contributed by atoms with Crippen LogP contribution in [0.5, 0.6) is 0 Å². The van der Waals surface area contributed by atoms with Gasteiger partial charge in [0.2, 0.25) is 0 Å². The predicted molar refractivity (Wildman–Crippen MR) is 293 cm³/mol. The van der Waals surface area contributed by atoms with Crippen molar-refractivity contribution < 1.29 is 0 Å². The highest BCUT2D eigenvalue weighted by molar-refractivity contribution is 6.22. The van der Waals surface area contributed by atoms with Crippen LogP contribution in [0.1, 0.15) is 74.9 Å². The zero-order valence-electron chi connectivity index (χ0n) is 40.1. The van der Waals surface area contributed by atoms with Crippen molar-refractivity contribution in [1.29, 1.82) is 0 Å². The minimum atomic E-state index is -0.109. The third-order valence-electron chi connectivity index (χ3n) is 16.9. The average Bonchev–Trinajstić information content (AvgIpc) is 3.85. The van der Waals surface area contributed by atoms with E-state index in [0.29, 0.717) is 0 Å². The van der Waals surface area contributed by atoms with E-state index in [4.69, 9.17) is 0 Å². The Morgan fingerprint density at radius 1 is 0.217 bits per heavy atom. The van der Waals surface area contributed by atoms with E-state index >= 15 is 0 Å². The Balaban J connectivity index is 0.939. The number of benzene rings is 11. The van der Waals surface area contributed by atoms with Gasteiger partial charge in [-0.25, -0.2) is 0 Å². The normalized spacial score (nSPS) is 15.2. The molecule has 3 aliphatic rings. The standard InChI is InChI=1S/C69H52/c1-67(2)59-21-13-11-17-49(59)51-31-28-47(39-62(51)67)65-53-19-9-10-20-54(53)66(48-29-32-52-50-18-12-14-22-60(50)68(3,4)63(52)40-48)58-37-45(27-33-55(58)65)41-23-25-42(26-24-41)46-30-34-61-56(36-46)57-35-43-15-7-8-16-44(43)38-64(57)69(61,5)6/h7-40H,1-6H3. The fourth-order valence-corrected chi connectivity index (χ4v) is 13.2. The van der Waals surface area contributed by atoms with Crippen molar-refractivity contribution in [1.82, 2.24) is 0 Å². The van der Waals surface area contributed by atoms with Crippen molar-refractivity contribution in [3.05, 3.63) is 240 Å². The van der Waals surface area contributed by atoms with Crippen molar-refractivity contribution >= 4 is 32.3 Å². The molecule has 328 valence electrons. The first-order valence-corrected chi connectivity index (χ1v) is 24.7. The van der Waals surface area contributed by atoms with E-state index in [9.17, 15) is 0 Å². The minimum absolute atomic E-state index is 0.0544. The summed E-state index contributed by atoms with van der Waals surface area (Å²) >= 11 is 0. The molecule has 0 amide bonds. The Bertz CT molecular complexity index is 4020. The molecule has 0 saturated carbocycles. The van der Waals surface area contributed by atoms with Crippen LogP contribution < -0.4 is 0 Å². The predicted octanol–water partition coefficient (Wildman–Crippen LogP) is 18.7. The van der Waals surface area contributed by atoms with Gasteiger partial charge in [-0.05, 0) is 180 Å². The summed E-state index contributed by atoms with van der Waals surface area (Å²) in [5, 5.41) is 7.70. The molecule has 0 fully saturated rings. The fourth-order valence-electron chi connectivity index (χ4n) is 13.2. The molecule has 14 rings (SSSR count). The third-order valence-corrected chi connectivity index (χ3v) is 16.9. The van der Waals surface area contributed by atoms with Crippen molar-refractivity contribution in [2.24, 2.45) is 0 Å². The zero-order chi connectivity index (χ0) is 46.6. The number of hydrogen-bond donors (Lipinski definition) is 0. The topological polar surface area (TPSA) is 0 Å². The van der Waals surface area contributed by atoms with E-state index in [1.54, 1.807) is 0 Å². The van der Waals surface area contributed by atoms with Gasteiger partial charge in [0.05, 0.1) is 0 Å². The molecule has 0 aromatic heterocycles. The molecule has 0 saturated heterocycles. The Morgan fingerprint density at radius 3 is 1.17 bits per heavy atom. The largest absolute Gasteiger partial charge is 0.0619 e. The van der Waals surface area contributed by atoms with Crippen LogP contribution in [0.15, 0.2) is 206 Å². The van der Waals surface area contributed by atoms with Crippen LogP contribution in [0.3, 0.4) is 0 Å². The number of rotatable bonds is 4. The lowest BCUT2D eigenvalue weighted by molar-refractivity contribution is 0.660. The summed E-state index contributed by atoms with van der Waals surface area (Å²) in [5.41, 5.74) is 26.2. The Labute approximate surface area is 405 Å². The van der Waals surface area contributed by atoms with Crippen LogP contribution in [-0.2, 0) is 16.2 Å². The summed E-state index contributed by atoms with van der Waals surface area (Å²) in [4.78, 5) is 0. The zero-order valence-corrected chi connectivity index (χ0v) is 40.1. The van der Waals surface area contributed by atoms with Crippen molar-refractivity contribution in [3.63, 3.8) is 0 Å². The van der Waals surface area contributed by atoms with E-state index in [2.05, 4.69) is 248 Å². The molecular weight excluding hydrogens is 829 g/mol. The van der Waals surface area contributed by atoms with Gasteiger partial charge < -0.3 is 0 Å². The van der Waals surface area contributed by atoms with Crippen LogP contribution in [0.25, 0.3) is 110 Å². The van der Waals surface area contributed by atoms with Gasteiger partial charge in [-0.3, -0.25) is 0 Å². The van der Waals surface area contributed by atoms with Crippen molar-refractivity contribution in [3.8, 4) is 77.9 Å². The molecule has 0 aliphatic heterocycles. The van der Waals surface area contributed by atoms with Gasteiger partial charge in [0.25, 0.3) is 0 Å². The molecule has 0 radical (unpaired) electrons. The van der Waals surface area contributed by atoms with Gasteiger partial charge in [0.15, 0.2) is 0 Å². The first kappa shape index (κ1) is 40.3. The molecule has 0 bridgehead atoms. The molecule has 11 aromatic carbocycles. The van der Waals surface area contributed by atoms with Gasteiger partial charge in [-0.2, -0.15) is 0 Å². The third kappa shape index (κ3) is 5.64. The summed E-state index contributed by atoms with van der Waals surface area (Å²) in [6, 6.07) is 78.8. The lowest BCUT2D eigenvalue weighted by Gasteiger charge is -2.24. The second kappa shape index (κ2) is 14.1. The maximum atomic E-state index is 2.51. The molecule has 0 nitrogen and oxygen atoms in total. The lowest BCUT2D eigenvalue weighted by Crippen LogP contribution is -2.15. The summed E-state index contributed by atoms with van der Waals surface area (Å²) in [6.07, 6.45) is 0. The molecule has 3 aliphatic carbocycles. The second-order valence-corrected chi connectivity index (χ2v) is 21.6. The summed E-state index contributed by atoms with van der Waals surface area (Å²) in [5.74, 6) is 0. The fraction of sp³-hybridized carbons (Fsp3) is 0.130. The lowest BCUT2D eigenvalue weighted by atomic mass is 9.79. The SMILES string of the molecule is CC1(C)c2ccccc2-c2ccc(-c3c4ccccc4c(-c4ccc5c(c4)C(C)(C)c4ccccc4-5)c4cc(-c5ccc(-c6ccc7c(c6)-c6cc8ccccc8cc6C7(C)C)cc5)ccc34)cc21. The molecule has 0 atom stereocenters. The molecule has 0 unspecified atom stereocenters. The van der Waals surface area contributed by atoms with Crippen LogP contribution in [-0.4, -0.2) is 0 Å². The van der Waals surface area contributed by atoms with Gasteiger partial charge >= 0.3 is 0 Å². The molecule has 0 spiro atoms. The van der Waals surface area contributed by atoms with Gasteiger partial charge in [0.1, 0.15) is 0 Å². The quantitative estimate of drug-likeness (QED) is 0.155. The average molecular weight is 881 g/mol. The maximum absolute atomic E-state index is 2.51. The monoisotopic (exact) mass is 880 g/mol. The highest BCUT2D eigenvalue weighted by Gasteiger charge is 2.38. The van der Waals surface area contributed by atoms with Crippen LogP contribution >= 0.6 is 0 Å². The molecule has 69 heavy (non-hydrogen) atoms. The van der Waals surface area contributed by atoms with Crippen molar-refractivity contribution in [2.45, 2.75) is 57.8 Å². The van der Waals surface area contributed by atoms with E-state index in [1.807, 2.05) is 0 Å². The molecule has 0 heterocycles. The van der Waals surface area contributed by atoms with E-state index < -0.39 is 0 Å². The molecular formula is C69H52. The molecule has 11 aromatic rings. The van der Waals surface area contributed by atoms with Gasteiger partial charge in [-0.1, -0.05) is 211 Å². The van der Waals surface area contributed by atoms with Gasteiger partial charge in [0, 0.05) is 16.2 Å². The minimum Gasteiger partial charge on any atom is -0.0619 e. The maximum Gasteiger partial charge on any atom is 0.0159 e. The summed E-state index contributed by atoms with van der Waals surface area (Å²) in [6.45, 7) is 14.3.